The second-order valence-electron chi connectivity index (χ2n) is 4.11. The highest BCUT2D eigenvalue weighted by molar-refractivity contribution is 7.16. The number of imidazole rings is 1. The molecule has 0 amide bonds. The first-order valence-corrected chi connectivity index (χ1v) is 7.07. The lowest BCUT2D eigenvalue weighted by molar-refractivity contribution is 0.849. The molecule has 18 heavy (non-hydrogen) atoms. The van der Waals surface area contributed by atoms with Gasteiger partial charge in [0.15, 0.2) is 0 Å². The summed E-state index contributed by atoms with van der Waals surface area (Å²) >= 11 is 7.53. The largest absolute Gasteiger partial charge is 0.217 e. The second kappa shape index (κ2) is 4.71. The minimum Gasteiger partial charge on any atom is -0.217 e. The van der Waals surface area contributed by atoms with Gasteiger partial charge in [-0.15, -0.1) is 0 Å². The summed E-state index contributed by atoms with van der Waals surface area (Å²) in [7, 11) is 0. The molecule has 0 fully saturated rings. The maximum absolute atomic E-state index is 5.88. The summed E-state index contributed by atoms with van der Waals surface area (Å²) in [6, 6.07) is 7.70. The second-order valence-corrected chi connectivity index (χ2v) is 5.58. The van der Waals surface area contributed by atoms with Gasteiger partial charge in [-0.2, -0.15) is 5.10 Å². The average Bonchev–Trinajstić information content (AvgIpc) is 2.88. The standard InChI is InChI=1S/C13H12ClN3S/c1-2-3-12-16-17-8-11(15-13(17)18-12)9-4-6-10(14)7-5-9/h4-8H,2-3H2,1H3. The zero-order valence-corrected chi connectivity index (χ0v) is 11.5. The Labute approximate surface area is 114 Å². The van der Waals surface area contributed by atoms with Crippen LogP contribution in [0.1, 0.15) is 18.4 Å². The lowest BCUT2D eigenvalue weighted by Gasteiger charge is -1.95. The average molecular weight is 278 g/mol. The van der Waals surface area contributed by atoms with Crippen LogP contribution in [0.15, 0.2) is 30.5 Å². The van der Waals surface area contributed by atoms with Crippen LogP contribution >= 0.6 is 22.9 Å². The Morgan fingerprint density at radius 2 is 2.06 bits per heavy atom. The molecule has 0 bridgehead atoms. The van der Waals surface area contributed by atoms with Crippen molar-refractivity contribution in [1.82, 2.24) is 14.6 Å². The molecule has 0 radical (unpaired) electrons. The van der Waals surface area contributed by atoms with Crippen molar-refractivity contribution in [1.29, 1.82) is 0 Å². The summed E-state index contributed by atoms with van der Waals surface area (Å²) < 4.78 is 1.86. The zero-order chi connectivity index (χ0) is 12.5. The van der Waals surface area contributed by atoms with Crippen LogP contribution in [0.25, 0.3) is 16.2 Å². The Kier molecular flexibility index (Phi) is 3.06. The molecule has 3 aromatic rings. The first-order valence-electron chi connectivity index (χ1n) is 5.87. The highest BCUT2D eigenvalue weighted by Gasteiger charge is 2.08. The van der Waals surface area contributed by atoms with Crippen LogP contribution in [0.4, 0.5) is 0 Å². The van der Waals surface area contributed by atoms with Crippen molar-refractivity contribution in [2.24, 2.45) is 0 Å². The van der Waals surface area contributed by atoms with E-state index < -0.39 is 0 Å². The van der Waals surface area contributed by atoms with Gasteiger partial charge in [-0.25, -0.2) is 9.50 Å². The molecule has 0 aliphatic rings. The summed E-state index contributed by atoms with van der Waals surface area (Å²) in [4.78, 5) is 5.54. The van der Waals surface area contributed by atoms with Crippen LogP contribution in [0.2, 0.25) is 5.02 Å². The molecule has 5 heteroatoms. The summed E-state index contributed by atoms with van der Waals surface area (Å²) in [6.45, 7) is 2.16. The molecule has 0 atom stereocenters. The molecule has 0 saturated heterocycles. The molecule has 0 aliphatic heterocycles. The third kappa shape index (κ3) is 2.13. The van der Waals surface area contributed by atoms with E-state index in [9.17, 15) is 0 Å². The summed E-state index contributed by atoms with van der Waals surface area (Å²) in [5.41, 5.74) is 2.00. The predicted molar refractivity (Wildman–Crippen MR) is 75.3 cm³/mol. The summed E-state index contributed by atoms with van der Waals surface area (Å²) in [5.74, 6) is 0. The van der Waals surface area contributed by atoms with Crippen molar-refractivity contribution in [2.45, 2.75) is 19.8 Å². The highest BCUT2D eigenvalue weighted by atomic mass is 35.5. The maximum Gasteiger partial charge on any atom is 0.212 e. The minimum atomic E-state index is 0.739. The molecule has 0 N–H and O–H groups in total. The Bertz CT molecular complexity index is 638. The van der Waals surface area contributed by atoms with E-state index in [-0.39, 0.29) is 0 Å². The third-order valence-corrected chi connectivity index (χ3v) is 3.92. The molecule has 3 rings (SSSR count). The van der Waals surface area contributed by atoms with E-state index in [0.29, 0.717) is 0 Å². The third-order valence-electron chi connectivity index (χ3n) is 2.69. The fourth-order valence-corrected chi connectivity index (χ4v) is 2.92. The minimum absolute atomic E-state index is 0.739. The lowest BCUT2D eigenvalue weighted by atomic mass is 10.2. The number of hydrogen-bond acceptors (Lipinski definition) is 3. The monoisotopic (exact) mass is 277 g/mol. The molecule has 0 unspecified atom stereocenters. The predicted octanol–water partition coefficient (Wildman–Crippen LogP) is 4.06. The number of benzene rings is 1. The first kappa shape index (κ1) is 11.7. The fraction of sp³-hybridized carbons (Fsp3) is 0.231. The van der Waals surface area contributed by atoms with Crippen LogP contribution in [0.5, 0.6) is 0 Å². The van der Waals surface area contributed by atoms with E-state index in [1.807, 2.05) is 35.0 Å². The van der Waals surface area contributed by atoms with Crippen molar-refractivity contribution in [3.05, 3.63) is 40.5 Å². The van der Waals surface area contributed by atoms with Crippen LogP contribution in [-0.2, 0) is 6.42 Å². The SMILES string of the molecule is CCCc1nn2cc(-c3ccc(Cl)cc3)nc2s1. The van der Waals surface area contributed by atoms with E-state index >= 15 is 0 Å². The first-order chi connectivity index (χ1) is 8.76. The van der Waals surface area contributed by atoms with Gasteiger partial charge in [0.2, 0.25) is 4.96 Å². The molecule has 92 valence electrons. The normalized spacial score (nSPS) is 11.2. The molecule has 0 saturated carbocycles. The molecule has 3 nitrogen and oxygen atoms in total. The number of aromatic nitrogens is 3. The van der Waals surface area contributed by atoms with Crippen molar-refractivity contribution in [3.63, 3.8) is 0 Å². The maximum atomic E-state index is 5.88. The topological polar surface area (TPSA) is 30.2 Å². The van der Waals surface area contributed by atoms with Gasteiger partial charge in [-0.1, -0.05) is 42.0 Å². The Morgan fingerprint density at radius 3 is 2.72 bits per heavy atom. The van der Waals surface area contributed by atoms with Crippen LogP contribution in [-0.4, -0.2) is 14.6 Å². The summed E-state index contributed by atoms with van der Waals surface area (Å²) in [5, 5.41) is 6.39. The summed E-state index contributed by atoms with van der Waals surface area (Å²) in [6.07, 6.45) is 4.10. The number of rotatable bonds is 3. The van der Waals surface area contributed by atoms with Crippen molar-refractivity contribution in [2.75, 3.05) is 0 Å². The van der Waals surface area contributed by atoms with Gasteiger partial charge in [-0.05, 0) is 18.6 Å². The molecular formula is C13H12ClN3S. The molecule has 0 spiro atoms. The highest BCUT2D eigenvalue weighted by Crippen LogP contribution is 2.23. The van der Waals surface area contributed by atoms with E-state index in [2.05, 4.69) is 17.0 Å². The van der Waals surface area contributed by atoms with Gasteiger partial charge in [0, 0.05) is 17.0 Å². The number of nitrogens with zero attached hydrogens (tertiary/aromatic N) is 3. The Hall–Kier alpha value is -1.39. The van der Waals surface area contributed by atoms with Gasteiger partial charge < -0.3 is 0 Å². The number of aryl methyl sites for hydroxylation is 1. The number of fused-ring (bicyclic) bond motifs is 1. The van der Waals surface area contributed by atoms with Gasteiger partial charge in [0.25, 0.3) is 0 Å². The van der Waals surface area contributed by atoms with Crippen molar-refractivity contribution in [3.8, 4) is 11.3 Å². The molecular weight excluding hydrogens is 266 g/mol. The van der Waals surface area contributed by atoms with Gasteiger partial charge >= 0.3 is 0 Å². The lowest BCUT2D eigenvalue weighted by Crippen LogP contribution is -1.85. The number of halogens is 1. The molecule has 2 aromatic heterocycles. The van der Waals surface area contributed by atoms with E-state index in [1.54, 1.807) is 11.3 Å². The van der Waals surface area contributed by atoms with Crippen LogP contribution < -0.4 is 0 Å². The molecule has 0 aliphatic carbocycles. The Balaban J connectivity index is 1.98. The van der Waals surface area contributed by atoms with Gasteiger partial charge in [-0.3, -0.25) is 0 Å². The molecule has 1 aromatic carbocycles. The van der Waals surface area contributed by atoms with Crippen molar-refractivity contribution >= 4 is 27.9 Å². The van der Waals surface area contributed by atoms with E-state index in [1.165, 1.54) is 0 Å². The van der Waals surface area contributed by atoms with E-state index in [4.69, 9.17) is 11.6 Å². The van der Waals surface area contributed by atoms with Crippen LogP contribution in [0.3, 0.4) is 0 Å². The van der Waals surface area contributed by atoms with Crippen LogP contribution in [0, 0.1) is 0 Å². The Morgan fingerprint density at radius 1 is 1.28 bits per heavy atom. The van der Waals surface area contributed by atoms with E-state index in [0.717, 1.165) is 39.1 Å². The van der Waals surface area contributed by atoms with Gasteiger partial charge in [0.1, 0.15) is 5.01 Å². The zero-order valence-electron chi connectivity index (χ0n) is 9.93. The molecule has 2 heterocycles. The number of hydrogen-bond donors (Lipinski definition) is 0. The van der Waals surface area contributed by atoms with Gasteiger partial charge in [0.05, 0.1) is 11.9 Å². The fourth-order valence-electron chi connectivity index (χ4n) is 1.82. The van der Waals surface area contributed by atoms with Crippen molar-refractivity contribution < 1.29 is 0 Å². The smallest absolute Gasteiger partial charge is 0.212 e. The quantitative estimate of drug-likeness (QED) is 0.722.